The van der Waals surface area contributed by atoms with Crippen molar-refractivity contribution in [3.8, 4) is 0 Å². The highest BCUT2D eigenvalue weighted by atomic mass is 32.1. The van der Waals surface area contributed by atoms with Crippen molar-refractivity contribution < 1.29 is 14.3 Å². The number of methoxy groups -OCH3 is 1. The quantitative estimate of drug-likeness (QED) is 0.732. The SMILES string of the molecule is COC(=O)c1ccc2c(c1)C(c1ncnc3sccc13)C(=O)N2. The van der Waals surface area contributed by atoms with Gasteiger partial charge in [-0.05, 0) is 35.2 Å². The second-order valence-corrected chi connectivity index (χ2v) is 6.01. The van der Waals surface area contributed by atoms with Crippen molar-refractivity contribution in [3.05, 3.63) is 52.8 Å². The lowest BCUT2D eigenvalue weighted by atomic mass is 9.94. The number of carbonyl (C=O) groups is 2. The van der Waals surface area contributed by atoms with E-state index in [1.807, 2.05) is 11.4 Å². The molecule has 2 aromatic heterocycles. The molecule has 0 saturated heterocycles. The van der Waals surface area contributed by atoms with E-state index in [1.54, 1.807) is 18.2 Å². The molecular weight excluding hydrogens is 314 g/mol. The summed E-state index contributed by atoms with van der Waals surface area (Å²) in [7, 11) is 1.33. The lowest BCUT2D eigenvalue weighted by Crippen LogP contribution is -2.15. The molecule has 1 amide bonds. The molecule has 0 saturated carbocycles. The molecule has 114 valence electrons. The van der Waals surface area contributed by atoms with Gasteiger partial charge in [0.25, 0.3) is 0 Å². The number of carbonyl (C=O) groups excluding carboxylic acids is 2. The van der Waals surface area contributed by atoms with Crippen molar-refractivity contribution in [2.24, 2.45) is 0 Å². The predicted molar refractivity (Wildman–Crippen MR) is 85.7 cm³/mol. The minimum absolute atomic E-state index is 0.159. The number of esters is 1. The molecule has 0 spiro atoms. The van der Waals surface area contributed by atoms with Crippen LogP contribution >= 0.6 is 11.3 Å². The van der Waals surface area contributed by atoms with Crippen LogP contribution in [0.3, 0.4) is 0 Å². The summed E-state index contributed by atoms with van der Waals surface area (Å²) in [5, 5.41) is 5.61. The molecule has 1 atom stereocenters. The largest absolute Gasteiger partial charge is 0.465 e. The maximum atomic E-state index is 12.5. The topological polar surface area (TPSA) is 81.2 Å². The third-order valence-corrected chi connectivity index (χ3v) is 4.69. The molecule has 3 aromatic rings. The molecular formula is C16H11N3O3S. The number of aromatic nitrogens is 2. The van der Waals surface area contributed by atoms with Gasteiger partial charge in [0.15, 0.2) is 0 Å². The third-order valence-electron chi connectivity index (χ3n) is 3.87. The van der Waals surface area contributed by atoms with Crippen LogP contribution in [0.25, 0.3) is 10.2 Å². The molecule has 1 aliphatic heterocycles. The van der Waals surface area contributed by atoms with Crippen molar-refractivity contribution in [1.29, 1.82) is 0 Å². The second-order valence-electron chi connectivity index (χ2n) is 5.11. The summed E-state index contributed by atoms with van der Waals surface area (Å²) >= 11 is 1.50. The van der Waals surface area contributed by atoms with Gasteiger partial charge in [0.1, 0.15) is 17.1 Å². The maximum Gasteiger partial charge on any atom is 0.337 e. The number of fused-ring (bicyclic) bond motifs is 2. The minimum Gasteiger partial charge on any atom is -0.465 e. The van der Waals surface area contributed by atoms with E-state index < -0.39 is 11.9 Å². The van der Waals surface area contributed by atoms with E-state index in [4.69, 9.17) is 4.74 Å². The second kappa shape index (κ2) is 5.13. The molecule has 0 fully saturated rings. The lowest BCUT2D eigenvalue weighted by Gasteiger charge is -2.10. The summed E-state index contributed by atoms with van der Waals surface area (Å²) < 4.78 is 4.75. The monoisotopic (exact) mass is 325 g/mol. The summed E-state index contributed by atoms with van der Waals surface area (Å²) in [4.78, 5) is 33.6. The Hall–Kier alpha value is -2.80. The third kappa shape index (κ3) is 2.08. The zero-order valence-corrected chi connectivity index (χ0v) is 12.9. The molecule has 23 heavy (non-hydrogen) atoms. The van der Waals surface area contributed by atoms with Gasteiger partial charge in [0, 0.05) is 11.1 Å². The number of hydrogen-bond donors (Lipinski definition) is 1. The molecule has 7 heteroatoms. The van der Waals surface area contributed by atoms with Crippen LogP contribution in [-0.4, -0.2) is 29.0 Å². The molecule has 0 aliphatic carbocycles. The predicted octanol–water partition coefficient (Wildman–Crippen LogP) is 2.56. The first kappa shape index (κ1) is 13.8. The fourth-order valence-corrected chi connectivity index (χ4v) is 3.56. The van der Waals surface area contributed by atoms with Gasteiger partial charge in [-0.25, -0.2) is 14.8 Å². The Kier molecular flexibility index (Phi) is 3.09. The van der Waals surface area contributed by atoms with Gasteiger partial charge < -0.3 is 10.1 Å². The first-order valence-electron chi connectivity index (χ1n) is 6.90. The van der Waals surface area contributed by atoms with Crippen molar-refractivity contribution in [1.82, 2.24) is 9.97 Å². The Morgan fingerprint density at radius 2 is 2.17 bits per heavy atom. The number of nitrogens with one attached hydrogen (secondary N) is 1. The van der Waals surface area contributed by atoms with Gasteiger partial charge >= 0.3 is 5.97 Å². The number of thiophene rings is 1. The van der Waals surface area contributed by atoms with Crippen LogP contribution in [0, 0.1) is 0 Å². The number of hydrogen-bond acceptors (Lipinski definition) is 6. The number of ether oxygens (including phenoxy) is 1. The van der Waals surface area contributed by atoms with E-state index in [-0.39, 0.29) is 5.91 Å². The Labute approximate surface area is 135 Å². The van der Waals surface area contributed by atoms with Crippen LogP contribution in [0.5, 0.6) is 0 Å². The standard InChI is InChI=1S/C16H11N3O3S/c1-22-16(21)8-2-3-11-10(6-8)12(14(20)19-11)13-9-4-5-23-15(9)18-7-17-13/h2-7,12H,1H3,(H,19,20). The normalized spacial score (nSPS) is 16.2. The van der Waals surface area contributed by atoms with Gasteiger partial charge in [-0.3, -0.25) is 4.79 Å². The average Bonchev–Trinajstić information content (AvgIpc) is 3.16. The Bertz CT molecular complexity index is 951. The number of nitrogens with zero attached hydrogens (tertiary/aromatic N) is 2. The molecule has 0 radical (unpaired) electrons. The van der Waals surface area contributed by atoms with E-state index in [1.165, 1.54) is 24.8 Å². The number of anilines is 1. The fourth-order valence-electron chi connectivity index (χ4n) is 2.82. The van der Waals surface area contributed by atoms with Gasteiger partial charge in [-0.15, -0.1) is 11.3 Å². The van der Waals surface area contributed by atoms with E-state index in [2.05, 4.69) is 15.3 Å². The van der Waals surface area contributed by atoms with Crippen LogP contribution in [-0.2, 0) is 9.53 Å². The van der Waals surface area contributed by atoms with E-state index in [0.29, 0.717) is 16.9 Å². The number of amides is 1. The van der Waals surface area contributed by atoms with Crippen LogP contribution in [0.1, 0.15) is 27.5 Å². The first-order valence-corrected chi connectivity index (χ1v) is 7.78. The van der Waals surface area contributed by atoms with Crippen molar-refractivity contribution in [2.45, 2.75) is 5.92 Å². The Morgan fingerprint density at radius 1 is 1.30 bits per heavy atom. The van der Waals surface area contributed by atoms with Crippen LogP contribution < -0.4 is 5.32 Å². The molecule has 0 bridgehead atoms. The molecule has 1 aliphatic rings. The molecule has 3 heterocycles. The molecule has 1 aromatic carbocycles. The van der Waals surface area contributed by atoms with Crippen molar-refractivity contribution in [2.75, 3.05) is 12.4 Å². The average molecular weight is 325 g/mol. The summed E-state index contributed by atoms with van der Waals surface area (Å²) in [5.41, 5.74) is 2.47. The zero-order chi connectivity index (χ0) is 16.0. The van der Waals surface area contributed by atoms with Gasteiger partial charge in [0.05, 0.1) is 18.4 Å². The molecule has 1 unspecified atom stereocenters. The summed E-state index contributed by atoms with van der Waals surface area (Å²) in [6.45, 7) is 0. The zero-order valence-electron chi connectivity index (χ0n) is 12.1. The Balaban J connectivity index is 1.90. The smallest absolute Gasteiger partial charge is 0.337 e. The summed E-state index contributed by atoms with van der Waals surface area (Å²) in [6.07, 6.45) is 1.46. The van der Waals surface area contributed by atoms with Gasteiger partial charge in [0.2, 0.25) is 5.91 Å². The van der Waals surface area contributed by atoms with E-state index >= 15 is 0 Å². The highest BCUT2D eigenvalue weighted by Crippen LogP contribution is 2.39. The lowest BCUT2D eigenvalue weighted by molar-refractivity contribution is -0.116. The maximum absolute atomic E-state index is 12.5. The summed E-state index contributed by atoms with van der Waals surface area (Å²) in [6, 6.07) is 6.94. The van der Waals surface area contributed by atoms with Crippen LogP contribution in [0.15, 0.2) is 36.0 Å². The van der Waals surface area contributed by atoms with Crippen molar-refractivity contribution >= 4 is 39.1 Å². The van der Waals surface area contributed by atoms with E-state index in [0.717, 1.165) is 15.8 Å². The molecule has 4 rings (SSSR count). The van der Waals surface area contributed by atoms with Gasteiger partial charge in [-0.1, -0.05) is 0 Å². The minimum atomic E-state index is -0.560. The highest BCUT2D eigenvalue weighted by Gasteiger charge is 2.35. The van der Waals surface area contributed by atoms with E-state index in [9.17, 15) is 9.59 Å². The van der Waals surface area contributed by atoms with Gasteiger partial charge in [-0.2, -0.15) is 0 Å². The molecule has 1 N–H and O–H groups in total. The highest BCUT2D eigenvalue weighted by molar-refractivity contribution is 7.16. The first-order chi connectivity index (χ1) is 11.2. The number of rotatable bonds is 2. The summed E-state index contributed by atoms with van der Waals surface area (Å²) in [5.74, 6) is -1.16. The van der Waals surface area contributed by atoms with Crippen molar-refractivity contribution in [3.63, 3.8) is 0 Å². The Morgan fingerprint density at radius 3 is 3.00 bits per heavy atom. The van der Waals surface area contributed by atoms with Crippen LogP contribution in [0.4, 0.5) is 5.69 Å². The molecule has 6 nitrogen and oxygen atoms in total. The number of benzene rings is 1. The van der Waals surface area contributed by atoms with Crippen LogP contribution in [0.2, 0.25) is 0 Å². The fraction of sp³-hybridized carbons (Fsp3) is 0.125.